The Balaban J connectivity index is 1.40. The summed E-state index contributed by atoms with van der Waals surface area (Å²) < 4.78 is 16.9. The van der Waals surface area contributed by atoms with Crippen LogP contribution in [0.5, 0.6) is 11.5 Å². The number of aryl methyl sites for hydroxylation is 2. The number of hydrogen-bond acceptors (Lipinski definition) is 7. The van der Waals surface area contributed by atoms with Crippen LogP contribution >= 0.6 is 0 Å². The number of hydrogen-bond donors (Lipinski definition) is 1. The summed E-state index contributed by atoms with van der Waals surface area (Å²) in [6.07, 6.45) is 2.10. The van der Waals surface area contributed by atoms with Gasteiger partial charge in [0.1, 0.15) is 17.0 Å². The summed E-state index contributed by atoms with van der Waals surface area (Å²) in [5.41, 5.74) is 6.53. The van der Waals surface area contributed by atoms with E-state index in [0.29, 0.717) is 52.5 Å². The second-order valence-corrected chi connectivity index (χ2v) is 8.61. The van der Waals surface area contributed by atoms with Gasteiger partial charge in [-0.05, 0) is 57.0 Å². The summed E-state index contributed by atoms with van der Waals surface area (Å²) in [6.45, 7) is 3.69. The second-order valence-electron chi connectivity index (χ2n) is 8.61. The molecule has 2 aromatic heterocycles. The van der Waals surface area contributed by atoms with Crippen molar-refractivity contribution in [2.24, 2.45) is 5.10 Å². The van der Waals surface area contributed by atoms with Crippen LogP contribution in [-0.2, 0) is 6.42 Å². The van der Waals surface area contributed by atoms with E-state index in [1.165, 1.54) is 0 Å². The highest BCUT2D eigenvalue weighted by molar-refractivity contribution is 6.07. The lowest BCUT2D eigenvalue weighted by molar-refractivity contribution is 0.0700. The third kappa shape index (κ3) is 4.45. The summed E-state index contributed by atoms with van der Waals surface area (Å²) >= 11 is 0. The molecule has 0 saturated carbocycles. The van der Waals surface area contributed by atoms with Crippen molar-refractivity contribution in [3.8, 4) is 11.5 Å². The van der Waals surface area contributed by atoms with E-state index in [-0.39, 0.29) is 11.7 Å². The van der Waals surface area contributed by atoms with Crippen molar-refractivity contribution in [3.63, 3.8) is 0 Å². The summed E-state index contributed by atoms with van der Waals surface area (Å²) in [4.78, 5) is 30.3. The Kier molecular flexibility index (Phi) is 6.25. The van der Waals surface area contributed by atoms with Gasteiger partial charge in [0.15, 0.2) is 5.75 Å². The Labute approximate surface area is 207 Å². The predicted octanol–water partition coefficient (Wildman–Crippen LogP) is 5.14. The number of nitrogens with zero attached hydrogens (tertiary/aromatic N) is 2. The van der Waals surface area contributed by atoms with Crippen LogP contribution in [0.2, 0.25) is 0 Å². The molecule has 1 N–H and O–H groups in total. The van der Waals surface area contributed by atoms with Crippen LogP contribution in [-0.4, -0.2) is 29.7 Å². The van der Waals surface area contributed by atoms with Crippen LogP contribution < -0.4 is 14.9 Å². The molecule has 5 rings (SSSR count). The number of methoxy groups -OCH3 is 1. The van der Waals surface area contributed by atoms with E-state index in [1.807, 2.05) is 31.2 Å². The molecule has 2 heterocycles. The zero-order valence-electron chi connectivity index (χ0n) is 20.3. The smallest absolute Gasteiger partial charge is 0.380 e. The number of carbonyl (C=O) groups excluding carboxylic acids is 2. The Morgan fingerprint density at radius 2 is 1.89 bits per heavy atom. The number of aromatic nitrogens is 1. The summed E-state index contributed by atoms with van der Waals surface area (Å²) in [5, 5.41) is 5.26. The SMILES string of the molecule is COc1cccc(C(=O)N/N=C2\CCCc3oc(C(=O)Oc4cccc5ccc(C)nc45)c(C)c32)c1. The van der Waals surface area contributed by atoms with E-state index in [4.69, 9.17) is 13.9 Å². The van der Waals surface area contributed by atoms with E-state index in [0.717, 1.165) is 23.1 Å². The lowest BCUT2D eigenvalue weighted by Gasteiger charge is -2.13. The van der Waals surface area contributed by atoms with Gasteiger partial charge in [0, 0.05) is 34.2 Å². The molecule has 4 aromatic rings. The molecule has 1 amide bonds. The second kappa shape index (κ2) is 9.65. The number of esters is 1. The minimum absolute atomic E-state index is 0.123. The van der Waals surface area contributed by atoms with Crippen LogP contribution in [0.4, 0.5) is 0 Å². The first-order chi connectivity index (χ1) is 17.4. The first kappa shape index (κ1) is 23.3. The Morgan fingerprint density at radius 3 is 2.72 bits per heavy atom. The Bertz CT molecular complexity index is 1520. The maximum absolute atomic E-state index is 13.1. The van der Waals surface area contributed by atoms with Crippen molar-refractivity contribution in [1.82, 2.24) is 10.4 Å². The zero-order valence-corrected chi connectivity index (χ0v) is 20.3. The van der Waals surface area contributed by atoms with Crippen molar-refractivity contribution in [1.29, 1.82) is 0 Å². The van der Waals surface area contributed by atoms with E-state index in [9.17, 15) is 9.59 Å². The average Bonchev–Trinajstić information content (AvgIpc) is 3.24. The number of benzene rings is 2. The number of nitrogens with one attached hydrogen (secondary N) is 1. The minimum atomic E-state index is -0.600. The molecule has 0 unspecified atom stereocenters. The molecule has 0 fully saturated rings. The van der Waals surface area contributed by atoms with Gasteiger partial charge in [-0.15, -0.1) is 0 Å². The van der Waals surface area contributed by atoms with Crippen LogP contribution in [0.25, 0.3) is 10.9 Å². The van der Waals surface area contributed by atoms with Gasteiger partial charge >= 0.3 is 5.97 Å². The molecular formula is C28H25N3O5. The van der Waals surface area contributed by atoms with Gasteiger partial charge in [0.05, 0.1) is 12.8 Å². The Morgan fingerprint density at radius 1 is 1.06 bits per heavy atom. The lowest BCUT2D eigenvalue weighted by Crippen LogP contribution is -2.22. The number of rotatable bonds is 5. The number of hydrazone groups is 1. The number of pyridine rings is 1. The van der Waals surface area contributed by atoms with Gasteiger partial charge in [-0.25, -0.2) is 15.2 Å². The van der Waals surface area contributed by atoms with Crippen LogP contribution in [0.1, 0.15) is 56.3 Å². The van der Waals surface area contributed by atoms with Gasteiger partial charge in [0.25, 0.3) is 5.91 Å². The number of fused-ring (bicyclic) bond motifs is 2. The largest absolute Gasteiger partial charge is 0.497 e. The van der Waals surface area contributed by atoms with Crippen molar-refractivity contribution in [3.05, 3.63) is 88.5 Å². The molecule has 0 radical (unpaired) electrons. The third-order valence-corrected chi connectivity index (χ3v) is 6.16. The molecule has 0 bridgehead atoms. The standard InChI is InChI=1S/C28H25N3O5/c1-16-13-14-18-7-5-12-23(25(18)29-16)36-28(33)26-17(2)24-21(10-6-11-22(24)35-26)30-31-27(32)19-8-4-9-20(15-19)34-3/h4-5,7-9,12-15H,6,10-11H2,1-3H3,(H,31,32)/b30-21+. The van der Waals surface area contributed by atoms with Gasteiger partial charge in [0.2, 0.25) is 5.76 Å². The quantitative estimate of drug-likeness (QED) is 0.239. The molecule has 0 saturated heterocycles. The predicted molar refractivity (Wildman–Crippen MR) is 135 cm³/mol. The molecule has 8 heteroatoms. The first-order valence-electron chi connectivity index (χ1n) is 11.7. The van der Waals surface area contributed by atoms with Gasteiger partial charge in [-0.1, -0.05) is 24.3 Å². The van der Waals surface area contributed by atoms with Gasteiger partial charge < -0.3 is 13.9 Å². The fraction of sp³-hybridized carbons (Fsp3) is 0.214. The van der Waals surface area contributed by atoms with E-state index in [1.54, 1.807) is 44.4 Å². The molecule has 0 aliphatic heterocycles. The highest BCUT2D eigenvalue weighted by atomic mass is 16.5. The number of carbonyl (C=O) groups is 2. The summed E-state index contributed by atoms with van der Waals surface area (Å²) in [7, 11) is 1.54. The topological polar surface area (TPSA) is 103 Å². The van der Waals surface area contributed by atoms with Crippen molar-refractivity contribution >= 4 is 28.5 Å². The van der Waals surface area contributed by atoms with E-state index >= 15 is 0 Å². The van der Waals surface area contributed by atoms with Crippen molar-refractivity contribution < 1.29 is 23.5 Å². The third-order valence-electron chi connectivity index (χ3n) is 6.16. The normalized spacial score (nSPS) is 13.9. The molecule has 182 valence electrons. The highest BCUT2D eigenvalue weighted by Crippen LogP contribution is 2.31. The monoisotopic (exact) mass is 483 g/mol. The highest BCUT2D eigenvalue weighted by Gasteiger charge is 2.29. The fourth-order valence-electron chi connectivity index (χ4n) is 4.37. The molecule has 0 atom stereocenters. The van der Waals surface area contributed by atoms with Crippen molar-refractivity contribution in [2.75, 3.05) is 7.11 Å². The molecule has 36 heavy (non-hydrogen) atoms. The van der Waals surface area contributed by atoms with Gasteiger partial charge in [-0.3, -0.25) is 4.79 Å². The molecular weight excluding hydrogens is 458 g/mol. The summed E-state index contributed by atoms with van der Waals surface area (Å²) in [6, 6.07) is 16.1. The maximum atomic E-state index is 13.1. The van der Waals surface area contributed by atoms with Gasteiger partial charge in [-0.2, -0.15) is 5.10 Å². The number of ether oxygens (including phenoxy) is 2. The maximum Gasteiger partial charge on any atom is 0.380 e. The average molecular weight is 484 g/mol. The van der Waals surface area contributed by atoms with Crippen LogP contribution in [0.3, 0.4) is 0 Å². The van der Waals surface area contributed by atoms with Crippen LogP contribution in [0.15, 0.2) is 64.1 Å². The minimum Gasteiger partial charge on any atom is -0.497 e. The molecule has 0 spiro atoms. The lowest BCUT2D eigenvalue weighted by atomic mass is 9.93. The number of amides is 1. The summed E-state index contributed by atoms with van der Waals surface area (Å²) in [5.74, 6) is 0.783. The molecule has 1 aliphatic rings. The fourth-order valence-corrected chi connectivity index (χ4v) is 4.37. The van der Waals surface area contributed by atoms with E-state index < -0.39 is 5.97 Å². The first-order valence-corrected chi connectivity index (χ1v) is 11.7. The molecule has 1 aliphatic carbocycles. The Hall–Kier alpha value is -4.46. The zero-order chi connectivity index (χ0) is 25.2. The number of furan rings is 1. The van der Waals surface area contributed by atoms with Crippen molar-refractivity contribution in [2.45, 2.75) is 33.1 Å². The number of para-hydroxylation sites is 1. The van der Waals surface area contributed by atoms with E-state index in [2.05, 4.69) is 15.5 Å². The molecule has 8 nitrogen and oxygen atoms in total. The van der Waals surface area contributed by atoms with Crippen LogP contribution in [0, 0.1) is 13.8 Å². The molecule has 2 aromatic carbocycles.